The molecule has 3 amide bonds. The van der Waals surface area contributed by atoms with Crippen molar-refractivity contribution in [2.45, 2.75) is 19.0 Å². The van der Waals surface area contributed by atoms with Crippen LogP contribution in [0.25, 0.3) is 11.5 Å². The van der Waals surface area contributed by atoms with Gasteiger partial charge in [-0.1, -0.05) is 35.9 Å². The molecule has 2 heterocycles. The third-order valence-corrected chi connectivity index (χ3v) is 4.84. The zero-order chi connectivity index (χ0) is 19.9. The maximum Gasteiger partial charge on any atom is 0.325 e. The second kappa shape index (κ2) is 6.72. The van der Waals surface area contributed by atoms with E-state index in [-0.39, 0.29) is 23.3 Å². The van der Waals surface area contributed by atoms with E-state index in [9.17, 15) is 14.0 Å². The molecule has 0 saturated carbocycles. The Bertz CT molecular complexity index is 1070. The first-order chi connectivity index (χ1) is 13.4. The number of nitrogens with one attached hydrogen (secondary N) is 1. The van der Waals surface area contributed by atoms with Crippen molar-refractivity contribution in [3.05, 3.63) is 70.8 Å². The third-order valence-electron chi connectivity index (χ3n) is 4.53. The second-order valence-electron chi connectivity index (χ2n) is 6.44. The molecule has 28 heavy (non-hydrogen) atoms. The van der Waals surface area contributed by atoms with Crippen LogP contribution in [0.4, 0.5) is 9.18 Å². The van der Waals surface area contributed by atoms with Crippen LogP contribution in [0.5, 0.6) is 0 Å². The summed E-state index contributed by atoms with van der Waals surface area (Å²) in [5.74, 6) is -0.695. The number of halogens is 2. The van der Waals surface area contributed by atoms with Crippen molar-refractivity contribution >= 4 is 23.5 Å². The molecule has 142 valence electrons. The first-order valence-electron chi connectivity index (χ1n) is 8.36. The molecule has 7 nitrogen and oxygen atoms in total. The standard InChI is InChI=1S/C19H14ClFN4O3/c1-19(13-8-7-12(21)9-14(13)20)17(26)25(18(27)22-19)10-15-23-24-16(28-15)11-5-3-2-4-6-11/h2-9H,10H2,1H3,(H,22,27). The molecule has 9 heteroatoms. The van der Waals surface area contributed by atoms with E-state index in [0.717, 1.165) is 16.5 Å². The normalized spacial score (nSPS) is 19.2. The SMILES string of the molecule is CC1(c2ccc(F)cc2Cl)NC(=O)N(Cc2nnc(-c3ccccc3)o2)C1=O. The molecule has 1 aromatic heterocycles. The van der Waals surface area contributed by atoms with Crippen LogP contribution in [0.3, 0.4) is 0 Å². The van der Waals surface area contributed by atoms with E-state index in [1.165, 1.54) is 19.1 Å². The largest absolute Gasteiger partial charge is 0.419 e. The van der Waals surface area contributed by atoms with Crippen LogP contribution in [0.15, 0.2) is 52.9 Å². The molecule has 1 saturated heterocycles. The highest BCUT2D eigenvalue weighted by molar-refractivity contribution is 6.32. The van der Waals surface area contributed by atoms with Crippen molar-refractivity contribution in [2.24, 2.45) is 0 Å². The second-order valence-corrected chi connectivity index (χ2v) is 6.84. The van der Waals surface area contributed by atoms with Crippen LogP contribution >= 0.6 is 11.6 Å². The Balaban J connectivity index is 1.59. The van der Waals surface area contributed by atoms with Gasteiger partial charge in [0.25, 0.3) is 5.91 Å². The van der Waals surface area contributed by atoms with Gasteiger partial charge in [-0.25, -0.2) is 9.18 Å². The third kappa shape index (κ3) is 3.01. The number of aromatic nitrogens is 2. The predicted molar refractivity (Wildman–Crippen MR) is 97.6 cm³/mol. The smallest absolute Gasteiger partial charge is 0.325 e. The van der Waals surface area contributed by atoms with Gasteiger partial charge in [-0.15, -0.1) is 10.2 Å². The van der Waals surface area contributed by atoms with Crippen molar-refractivity contribution in [3.63, 3.8) is 0 Å². The average molecular weight is 401 g/mol. The van der Waals surface area contributed by atoms with Gasteiger partial charge in [0.15, 0.2) is 0 Å². The van der Waals surface area contributed by atoms with Gasteiger partial charge in [0.1, 0.15) is 17.9 Å². The Hall–Kier alpha value is -3.26. The zero-order valence-electron chi connectivity index (χ0n) is 14.6. The number of carbonyl (C=O) groups excluding carboxylic acids is 2. The van der Waals surface area contributed by atoms with Gasteiger partial charge in [0.05, 0.1) is 0 Å². The molecule has 0 spiro atoms. The summed E-state index contributed by atoms with van der Waals surface area (Å²) in [6, 6.07) is 12.1. The van der Waals surface area contributed by atoms with E-state index in [0.29, 0.717) is 5.56 Å². The molecule has 0 aliphatic carbocycles. The topological polar surface area (TPSA) is 88.3 Å². The Morgan fingerprint density at radius 1 is 1.18 bits per heavy atom. The molecule has 0 radical (unpaired) electrons. The Morgan fingerprint density at radius 2 is 1.93 bits per heavy atom. The first kappa shape index (κ1) is 18.1. The van der Waals surface area contributed by atoms with Crippen molar-refractivity contribution in [1.82, 2.24) is 20.4 Å². The molecular formula is C19H14ClFN4O3. The number of amides is 3. The van der Waals surface area contributed by atoms with Gasteiger partial charge >= 0.3 is 6.03 Å². The number of hydrogen-bond acceptors (Lipinski definition) is 5. The Kier molecular flexibility index (Phi) is 4.35. The summed E-state index contributed by atoms with van der Waals surface area (Å²) in [5.41, 5.74) is -0.405. The van der Waals surface area contributed by atoms with E-state index < -0.39 is 23.3 Å². The molecule has 2 aromatic carbocycles. The summed E-state index contributed by atoms with van der Waals surface area (Å²) in [7, 11) is 0. The van der Waals surface area contributed by atoms with Crippen LogP contribution in [-0.4, -0.2) is 27.0 Å². The lowest BCUT2D eigenvalue weighted by atomic mass is 9.92. The van der Waals surface area contributed by atoms with Gasteiger partial charge in [0.2, 0.25) is 11.8 Å². The lowest BCUT2D eigenvalue weighted by molar-refractivity contribution is -0.131. The molecule has 4 rings (SSSR count). The lowest BCUT2D eigenvalue weighted by Crippen LogP contribution is -2.41. The van der Waals surface area contributed by atoms with E-state index in [1.807, 2.05) is 18.2 Å². The number of carbonyl (C=O) groups is 2. The first-order valence-corrected chi connectivity index (χ1v) is 8.74. The zero-order valence-corrected chi connectivity index (χ0v) is 15.4. The monoisotopic (exact) mass is 400 g/mol. The van der Waals surface area contributed by atoms with Crippen LogP contribution in [-0.2, 0) is 16.9 Å². The van der Waals surface area contributed by atoms with Gasteiger partial charge in [0, 0.05) is 16.1 Å². The summed E-state index contributed by atoms with van der Waals surface area (Å²) in [6.45, 7) is 1.31. The highest BCUT2D eigenvalue weighted by Gasteiger charge is 2.50. The van der Waals surface area contributed by atoms with Crippen LogP contribution in [0, 0.1) is 5.82 Å². The molecule has 1 unspecified atom stereocenters. The summed E-state index contributed by atoms with van der Waals surface area (Å²) < 4.78 is 18.9. The lowest BCUT2D eigenvalue weighted by Gasteiger charge is -2.23. The molecule has 1 atom stereocenters. The predicted octanol–water partition coefficient (Wildman–Crippen LogP) is 3.50. The Labute approximate surface area is 164 Å². The number of hydrogen-bond donors (Lipinski definition) is 1. The molecule has 0 bridgehead atoms. The minimum Gasteiger partial charge on any atom is -0.419 e. The van der Waals surface area contributed by atoms with E-state index in [1.54, 1.807) is 12.1 Å². The van der Waals surface area contributed by atoms with Crippen molar-refractivity contribution < 1.29 is 18.4 Å². The van der Waals surface area contributed by atoms with Crippen LogP contribution < -0.4 is 5.32 Å². The van der Waals surface area contributed by atoms with E-state index in [2.05, 4.69) is 15.5 Å². The fourth-order valence-corrected chi connectivity index (χ4v) is 3.42. The van der Waals surface area contributed by atoms with Crippen LogP contribution in [0.1, 0.15) is 18.4 Å². The fourth-order valence-electron chi connectivity index (χ4n) is 3.07. The highest BCUT2D eigenvalue weighted by Crippen LogP contribution is 2.34. The number of nitrogens with zero attached hydrogens (tertiary/aromatic N) is 3. The van der Waals surface area contributed by atoms with Crippen molar-refractivity contribution in [1.29, 1.82) is 0 Å². The molecule has 1 aliphatic rings. The number of benzene rings is 2. The maximum absolute atomic E-state index is 13.3. The van der Waals surface area contributed by atoms with Crippen LogP contribution in [0.2, 0.25) is 5.02 Å². The molecule has 1 N–H and O–H groups in total. The maximum atomic E-state index is 13.3. The summed E-state index contributed by atoms with van der Waals surface area (Å²) in [6.07, 6.45) is 0. The Morgan fingerprint density at radius 3 is 2.64 bits per heavy atom. The summed E-state index contributed by atoms with van der Waals surface area (Å²) >= 11 is 6.09. The van der Waals surface area contributed by atoms with Gasteiger partial charge in [-0.3, -0.25) is 9.69 Å². The van der Waals surface area contributed by atoms with Gasteiger partial charge in [-0.2, -0.15) is 0 Å². The molecule has 1 aliphatic heterocycles. The molecule has 1 fully saturated rings. The molecular weight excluding hydrogens is 387 g/mol. The summed E-state index contributed by atoms with van der Waals surface area (Å²) in [5, 5.41) is 10.5. The fraction of sp³-hybridized carbons (Fsp3) is 0.158. The number of imide groups is 1. The minimum absolute atomic E-state index is 0.0437. The van der Waals surface area contributed by atoms with Crippen molar-refractivity contribution in [2.75, 3.05) is 0 Å². The van der Waals surface area contributed by atoms with Gasteiger partial charge in [-0.05, 0) is 31.2 Å². The average Bonchev–Trinajstić information content (AvgIpc) is 3.22. The molecule has 3 aromatic rings. The highest BCUT2D eigenvalue weighted by atomic mass is 35.5. The number of rotatable bonds is 4. The van der Waals surface area contributed by atoms with E-state index in [4.69, 9.17) is 16.0 Å². The van der Waals surface area contributed by atoms with Gasteiger partial charge < -0.3 is 9.73 Å². The minimum atomic E-state index is -1.43. The van der Waals surface area contributed by atoms with Crippen molar-refractivity contribution in [3.8, 4) is 11.5 Å². The van der Waals surface area contributed by atoms with E-state index >= 15 is 0 Å². The quantitative estimate of drug-likeness (QED) is 0.677. The summed E-state index contributed by atoms with van der Waals surface area (Å²) in [4.78, 5) is 26.3. The number of urea groups is 1.